The van der Waals surface area contributed by atoms with E-state index < -0.39 is 0 Å². The average molecular weight is 220 g/mol. The first-order valence-electron chi connectivity index (χ1n) is 6.25. The van der Waals surface area contributed by atoms with Gasteiger partial charge < -0.3 is 0 Å². The van der Waals surface area contributed by atoms with Crippen molar-refractivity contribution in [1.29, 1.82) is 0 Å². The number of benzene rings is 1. The van der Waals surface area contributed by atoms with Crippen molar-refractivity contribution in [3.63, 3.8) is 0 Å². The van der Waals surface area contributed by atoms with Crippen LogP contribution in [0.15, 0.2) is 77.9 Å². The third-order valence-corrected chi connectivity index (χ3v) is 3.50. The fourth-order valence-electron chi connectivity index (χ4n) is 2.67. The Kier molecular flexibility index (Phi) is 2.79. The minimum absolute atomic E-state index is 0.559. The van der Waals surface area contributed by atoms with E-state index in [4.69, 9.17) is 0 Å². The summed E-state index contributed by atoms with van der Waals surface area (Å²) in [7, 11) is 0. The number of hydrogen-bond acceptors (Lipinski definition) is 0. The Morgan fingerprint density at radius 2 is 1.82 bits per heavy atom. The minimum atomic E-state index is 0.559. The summed E-state index contributed by atoms with van der Waals surface area (Å²) < 4.78 is 0. The van der Waals surface area contributed by atoms with Gasteiger partial charge in [0.1, 0.15) is 0 Å². The van der Waals surface area contributed by atoms with E-state index in [2.05, 4.69) is 66.8 Å². The summed E-state index contributed by atoms with van der Waals surface area (Å²) in [5.41, 5.74) is 4.30. The summed E-state index contributed by atoms with van der Waals surface area (Å²) in [6.45, 7) is 0. The fraction of sp³-hybridized carbons (Fsp3) is 0.176. The summed E-state index contributed by atoms with van der Waals surface area (Å²) in [5, 5.41) is 0. The quantitative estimate of drug-likeness (QED) is 0.651. The van der Waals surface area contributed by atoms with Crippen molar-refractivity contribution in [2.24, 2.45) is 0 Å². The van der Waals surface area contributed by atoms with E-state index in [0.717, 1.165) is 0 Å². The molecule has 0 saturated carbocycles. The van der Waals surface area contributed by atoms with E-state index in [1.807, 2.05) is 0 Å². The topological polar surface area (TPSA) is 0 Å². The zero-order valence-electron chi connectivity index (χ0n) is 9.84. The summed E-state index contributed by atoms with van der Waals surface area (Å²) in [6.07, 6.45) is 15.6. The van der Waals surface area contributed by atoms with Crippen LogP contribution in [0.2, 0.25) is 0 Å². The van der Waals surface area contributed by atoms with Crippen LogP contribution in [-0.4, -0.2) is 0 Å². The third-order valence-electron chi connectivity index (χ3n) is 3.50. The second-order valence-electron chi connectivity index (χ2n) is 4.57. The highest BCUT2D eigenvalue weighted by Crippen LogP contribution is 2.38. The molecule has 0 amide bonds. The van der Waals surface area contributed by atoms with Crippen molar-refractivity contribution in [2.45, 2.75) is 18.8 Å². The molecule has 0 N–H and O–H groups in total. The molecule has 84 valence electrons. The van der Waals surface area contributed by atoms with Crippen LogP contribution in [0.3, 0.4) is 0 Å². The monoisotopic (exact) mass is 220 g/mol. The Morgan fingerprint density at radius 3 is 2.71 bits per heavy atom. The first-order chi connectivity index (χ1) is 8.45. The number of hydrogen-bond donors (Lipinski definition) is 0. The van der Waals surface area contributed by atoms with E-state index in [-0.39, 0.29) is 0 Å². The summed E-state index contributed by atoms with van der Waals surface area (Å²) in [4.78, 5) is 0. The SMILES string of the molecule is C1=CC=C2C(=CCCC2c2ccccc2)C=C1. The molecule has 0 heterocycles. The second-order valence-corrected chi connectivity index (χ2v) is 4.57. The molecule has 1 atom stereocenters. The largest absolute Gasteiger partial charge is 0.0769 e. The Hall–Kier alpha value is -1.82. The summed E-state index contributed by atoms with van der Waals surface area (Å²) in [6, 6.07) is 10.8. The van der Waals surface area contributed by atoms with Gasteiger partial charge in [0.15, 0.2) is 0 Å². The van der Waals surface area contributed by atoms with Gasteiger partial charge >= 0.3 is 0 Å². The standard InChI is InChI=1S/C17H16/c1-3-8-14(9-4-1)17-13-7-11-15-10-5-2-6-12-16(15)17/h1-6,8-12,17H,7,13H2. The highest BCUT2D eigenvalue weighted by atomic mass is 14.3. The molecule has 0 radical (unpaired) electrons. The second kappa shape index (κ2) is 4.58. The Labute approximate surface area is 103 Å². The van der Waals surface area contributed by atoms with Crippen LogP contribution in [0.4, 0.5) is 0 Å². The maximum Gasteiger partial charge on any atom is 0.00981 e. The lowest BCUT2D eigenvalue weighted by Gasteiger charge is -2.25. The van der Waals surface area contributed by atoms with Crippen LogP contribution in [0, 0.1) is 0 Å². The van der Waals surface area contributed by atoms with Crippen LogP contribution in [0.25, 0.3) is 0 Å². The molecule has 0 spiro atoms. The first-order valence-corrected chi connectivity index (χ1v) is 6.25. The van der Waals surface area contributed by atoms with Crippen LogP contribution < -0.4 is 0 Å². The highest BCUT2D eigenvalue weighted by molar-refractivity contribution is 5.52. The van der Waals surface area contributed by atoms with Crippen molar-refractivity contribution >= 4 is 0 Å². The van der Waals surface area contributed by atoms with Gasteiger partial charge in [-0.1, -0.05) is 66.8 Å². The molecule has 0 aromatic heterocycles. The summed E-state index contributed by atoms with van der Waals surface area (Å²) >= 11 is 0. The van der Waals surface area contributed by atoms with E-state index in [1.165, 1.54) is 29.6 Å². The molecule has 1 unspecified atom stereocenters. The lowest BCUT2D eigenvalue weighted by Crippen LogP contribution is -2.08. The fourth-order valence-corrected chi connectivity index (χ4v) is 2.67. The molecule has 3 rings (SSSR count). The molecule has 1 aromatic rings. The summed E-state index contributed by atoms with van der Waals surface area (Å²) in [5.74, 6) is 0.559. The van der Waals surface area contributed by atoms with Crippen LogP contribution in [0.5, 0.6) is 0 Å². The van der Waals surface area contributed by atoms with Crippen LogP contribution >= 0.6 is 0 Å². The maximum absolute atomic E-state index is 2.36. The molecular weight excluding hydrogens is 204 g/mol. The lowest BCUT2D eigenvalue weighted by molar-refractivity contribution is 0.698. The molecule has 0 bridgehead atoms. The Balaban J connectivity index is 2.03. The molecule has 0 saturated heterocycles. The van der Waals surface area contributed by atoms with Gasteiger partial charge in [0.05, 0.1) is 0 Å². The predicted octanol–water partition coefficient (Wildman–Crippen LogP) is 4.54. The predicted molar refractivity (Wildman–Crippen MR) is 72.9 cm³/mol. The van der Waals surface area contributed by atoms with Crippen LogP contribution in [0.1, 0.15) is 24.3 Å². The van der Waals surface area contributed by atoms with Gasteiger partial charge in [-0.05, 0) is 29.6 Å². The third kappa shape index (κ3) is 2.03. The molecule has 0 aliphatic heterocycles. The number of fused-ring (bicyclic) bond motifs is 1. The van der Waals surface area contributed by atoms with E-state index in [1.54, 1.807) is 0 Å². The number of allylic oxidation sites excluding steroid dienone is 8. The van der Waals surface area contributed by atoms with E-state index in [9.17, 15) is 0 Å². The van der Waals surface area contributed by atoms with Crippen LogP contribution in [-0.2, 0) is 0 Å². The van der Waals surface area contributed by atoms with Crippen molar-refractivity contribution < 1.29 is 0 Å². The molecule has 2 aliphatic rings. The van der Waals surface area contributed by atoms with E-state index in [0.29, 0.717) is 5.92 Å². The van der Waals surface area contributed by atoms with Gasteiger partial charge in [-0.25, -0.2) is 0 Å². The van der Waals surface area contributed by atoms with Gasteiger partial charge in [0.2, 0.25) is 0 Å². The molecular formula is C17H16. The van der Waals surface area contributed by atoms with Gasteiger partial charge in [-0.3, -0.25) is 0 Å². The van der Waals surface area contributed by atoms with Crippen molar-refractivity contribution in [3.8, 4) is 0 Å². The molecule has 17 heavy (non-hydrogen) atoms. The van der Waals surface area contributed by atoms with Gasteiger partial charge in [-0.2, -0.15) is 0 Å². The molecule has 0 nitrogen and oxygen atoms in total. The van der Waals surface area contributed by atoms with Crippen molar-refractivity contribution in [3.05, 3.63) is 83.5 Å². The lowest BCUT2D eigenvalue weighted by atomic mass is 9.79. The maximum atomic E-state index is 2.36. The van der Waals surface area contributed by atoms with E-state index >= 15 is 0 Å². The zero-order chi connectivity index (χ0) is 11.5. The first kappa shape index (κ1) is 10.3. The van der Waals surface area contributed by atoms with Gasteiger partial charge in [0, 0.05) is 5.92 Å². The van der Waals surface area contributed by atoms with Crippen molar-refractivity contribution in [1.82, 2.24) is 0 Å². The smallest absolute Gasteiger partial charge is 0.00981 e. The van der Waals surface area contributed by atoms with Gasteiger partial charge in [-0.15, -0.1) is 0 Å². The average Bonchev–Trinajstić information content (AvgIpc) is 2.64. The Bertz CT molecular complexity index is 512. The number of rotatable bonds is 1. The molecule has 0 heteroatoms. The minimum Gasteiger partial charge on any atom is -0.0769 e. The molecule has 2 aliphatic carbocycles. The Morgan fingerprint density at radius 1 is 0.941 bits per heavy atom. The normalized spacial score (nSPS) is 22.5. The van der Waals surface area contributed by atoms with Gasteiger partial charge in [0.25, 0.3) is 0 Å². The highest BCUT2D eigenvalue weighted by Gasteiger charge is 2.21. The molecule has 1 aromatic carbocycles. The zero-order valence-corrected chi connectivity index (χ0v) is 9.84. The van der Waals surface area contributed by atoms with Crippen molar-refractivity contribution in [2.75, 3.05) is 0 Å². The molecule has 0 fully saturated rings.